The van der Waals surface area contributed by atoms with Crippen molar-refractivity contribution in [3.8, 4) is 11.5 Å². The SMILES string of the molecule is COc1ccc(OC)c(CN2CCN(Cc3cccn3C)CC2)c1. The van der Waals surface area contributed by atoms with Gasteiger partial charge in [-0.2, -0.15) is 0 Å². The van der Waals surface area contributed by atoms with Gasteiger partial charge in [0.25, 0.3) is 0 Å². The minimum absolute atomic E-state index is 0.883. The summed E-state index contributed by atoms with van der Waals surface area (Å²) in [6.45, 7) is 6.27. The number of methoxy groups -OCH3 is 2. The second-order valence-corrected chi connectivity index (χ2v) is 6.34. The van der Waals surface area contributed by atoms with Crippen LogP contribution in [0.4, 0.5) is 0 Å². The molecule has 2 aromatic rings. The molecule has 0 spiro atoms. The molecule has 1 aromatic heterocycles. The lowest BCUT2D eigenvalue weighted by atomic mass is 10.1. The smallest absolute Gasteiger partial charge is 0.123 e. The van der Waals surface area contributed by atoms with Crippen molar-refractivity contribution in [1.82, 2.24) is 14.4 Å². The zero-order chi connectivity index (χ0) is 16.9. The first-order chi connectivity index (χ1) is 11.7. The summed E-state index contributed by atoms with van der Waals surface area (Å²) in [5.41, 5.74) is 2.56. The van der Waals surface area contributed by atoms with Crippen molar-refractivity contribution in [1.29, 1.82) is 0 Å². The van der Waals surface area contributed by atoms with E-state index < -0.39 is 0 Å². The largest absolute Gasteiger partial charge is 0.497 e. The molecule has 130 valence electrons. The number of aromatic nitrogens is 1. The van der Waals surface area contributed by atoms with Crippen molar-refractivity contribution in [2.24, 2.45) is 7.05 Å². The van der Waals surface area contributed by atoms with Crippen molar-refractivity contribution in [2.45, 2.75) is 13.1 Å². The lowest BCUT2D eigenvalue weighted by Gasteiger charge is -2.35. The average Bonchev–Trinajstić information content (AvgIpc) is 3.01. The van der Waals surface area contributed by atoms with Gasteiger partial charge in [0.1, 0.15) is 11.5 Å². The molecular weight excluding hydrogens is 302 g/mol. The summed E-state index contributed by atoms with van der Waals surface area (Å²) in [5.74, 6) is 1.81. The molecule has 1 aliphatic heterocycles. The van der Waals surface area contributed by atoms with Crippen LogP contribution in [0, 0.1) is 0 Å². The van der Waals surface area contributed by atoms with E-state index in [4.69, 9.17) is 9.47 Å². The maximum absolute atomic E-state index is 5.50. The van der Waals surface area contributed by atoms with Crippen molar-refractivity contribution < 1.29 is 9.47 Å². The van der Waals surface area contributed by atoms with Crippen LogP contribution in [0.1, 0.15) is 11.3 Å². The van der Waals surface area contributed by atoms with E-state index in [2.05, 4.69) is 45.8 Å². The Morgan fingerprint density at radius 2 is 1.62 bits per heavy atom. The first kappa shape index (κ1) is 16.9. The molecule has 1 aromatic carbocycles. The predicted octanol–water partition coefficient (Wildman–Crippen LogP) is 2.36. The monoisotopic (exact) mass is 329 g/mol. The first-order valence-corrected chi connectivity index (χ1v) is 8.45. The van der Waals surface area contributed by atoms with Gasteiger partial charge in [0.15, 0.2) is 0 Å². The molecule has 1 fully saturated rings. The van der Waals surface area contributed by atoms with Crippen LogP contribution in [-0.4, -0.2) is 54.8 Å². The molecule has 0 aliphatic carbocycles. The van der Waals surface area contributed by atoms with Gasteiger partial charge in [-0.25, -0.2) is 0 Å². The van der Waals surface area contributed by atoms with Gasteiger partial charge in [-0.15, -0.1) is 0 Å². The number of rotatable bonds is 6. The highest BCUT2D eigenvalue weighted by Gasteiger charge is 2.19. The van der Waals surface area contributed by atoms with Gasteiger partial charge >= 0.3 is 0 Å². The lowest BCUT2D eigenvalue weighted by molar-refractivity contribution is 0.119. The third kappa shape index (κ3) is 3.91. The summed E-state index contributed by atoms with van der Waals surface area (Å²) in [6.07, 6.45) is 2.11. The number of ether oxygens (including phenoxy) is 2. The second kappa shape index (κ2) is 7.73. The second-order valence-electron chi connectivity index (χ2n) is 6.34. The van der Waals surface area contributed by atoms with Crippen LogP contribution in [0.15, 0.2) is 36.5 Å². The highest BCUT2D eigenvalue weighted by molar-refractivity contribution is 5.40. The summed E-state index contributed by atoms with van der Waals surface area (Å²) in [5, 5.41) is 0. The van der Waals surface area contributed by atoms with Gasteiger partial charge in [-0.1, -0.05) is 0 Å². The number of hydrogen-bond acceptors (Lipinski definition) is 4. The molecule has 0 saturated carbocycles. The normalized spacial score (nSPS) is 16.3. The zero-order valence-electron chi connectivity index (χ0n) is 14.9. The van der Waals surface area contributed by atoms with Crippen LogP contribution in [-0.2, 0) is 20.1 Å². The number of hydrogen-bond donors (Lipinski definition) is 0. The Kier molecular flexibility index (Phi) is 5.43. The Morgan fingerprint density at radius 1 is 0.917 bits per heavy atom. The van der Waals surface area contributed by atoms with E-state index in [1.807, 2.05) is 12.1 Å². The van der Waals surface area contributed by atoms with Crippen LogP contribution < -0.4 is 9.47 Å². The first-order valence-electron chi connectivity index (χ1n) is 8.45. The van der Waals surface area contributed by atoms with Crippen LogP contribution in [0.5, 0.6) is 11.5 Å². The summed E-state index contributed by atoms with van der Waals surface area (Å²) in [7, 11) is 5.54. The molecule has 1 aliphatic rings. The molecule has 1 saturated heterocycles. The molecule has 0 radical (unpaired) electrons. The van der Waals surface area contributed by atoms with Gasteiger partial charge in [0.2, 0.25) is 0 Å². The van der Waals surface area contributed by atoms with E-state index in [0.717, 1.165) is 50.8 Å². The molecule has 0 unspecified atom stereocenters. The molecule has 0 atom stereocenters. The van der Waals surface area contributed by atoms with Crippen molar-refractivity contribution >= 4 is 0 Å². The standard InChI is InChI=1S/C19H27N3O2/c1-20-8-4-5-17(20)15-22-11-9-21(10-12-22)14-16-13-18(23-2)6-7-19(16)24-3/h4-8,13H,9-12,14-15H2,1-3H3. The highest BCUT2D eigenvalue weighted by Crippen LogP contribution is 2.25. The van der Waals surface area contributed by atoms with Crippen LogP contribution in [0.25, 0.3) is 0 Å². The van der Waals surface area contributed by atoms with Gasteiger partial charge < -0.3 is 14.0 Å². The van der Waals surface area contributed by atoms with Crippen LogP contribution >= 0.6 is 0 Å². The molecule has 0 bridgehead atoms. The predicted molar refractivity (Wildman–Crippen MR) is 95.5 cm³/mol. The van der Waals surface area contributed by atoms with Crippen LogP contribution in [0.2, 0.25) is 0 Å². The van der Waals surface area contributed by atoms with E-state index in [-0.39, 0.29) is 0 Å². The number of benzene rings is 1. The molecule has 0 N–H and O–H groups in total. The zero-order valence-corrected chi connectivity index (χ0v) is 14.9. The quantitative estimate of drug-likeness (QED) is 0.814. The molecule has 2 heterocycles. The van der Waals surface area contributed by atoms with Gasteiger partial charge in [-0.05, 0) is 30.3 Å². The summed E-state index contributed by atoms with van der Waals surface area (Å²) in [4.78, 5) is 5.01. The fourth-order valence-electron chi connectivity index (χ4n) is 3.24. The van der Waals surface area contributed by atoms with Gasteiger partial charge in [0.05, 0.1) is 14.2 Å². The third-order valence-corrected chi connectivity index (χ3v) is 4.78. The minimum Gasteiger partial charge on any atom is -0.497 e. The summed E-state index contributed by atoms with van der Waals surface area (Å²) in [6, 6.07) is 10.3. The minimum atomic E-state index is 0.883. The fourth-order valence-corrected chi connectivity index (χ4v) is 3.24. The molecule has 5 heteroatoms. The average molecular weight is 329 g/mol. The van der Waals surface area contributed by atoms with Gasteiger partial charge in [-0.3, -0.25) is 9.80 Å². The van der Waals surface area contributed by atoms with E-state index in [1.165, 1.54) is 11.3 Å². The number of aryl methyl sites for hydroxylation is 1. The van der Waals surface area contributed by atoms with E-state index in [1.54, 1.807) is 14.2 Å². The Bertz CT molecular complexity index is 660. The lowest BCUT2D eigenvalue weighted by Crippen LogP contribution is -2.45. The Morgan fingerprint density at radius 3 is 2.21 bits per heavy atom. The molecule has 3 rings (SSSR count). The molecule has 5 nitrogen and oxygen atoms in total. The Hall–Kier alpha value is -1.98. The topological polar surface area (TPSA) is 29.9 Å². The van der Waals surface area contributed by atoms with E-state index in [0.29, 0.717) is 0 Å². The molecular formula is C19H27N3O2. The van der Waals surface area contributed by atoms with E-state index in [9.17, 15) is 0 Å². The Labute approximate surface area is 144 Å². The number of piperazine rings is 1. The van der Waals surface area contributed by atoms with Crippen LogP contribution in [0.3, 0.4) is 0 Å². The maximum atomic E-state index is 5.50. The molecule has 0 amide bonds. The molecule has 24 heavy (non-hydrogen) atoms. The third-order valence-electron chi connectivity index (χ3n) is 4.78. The van der Waals surface area contributed by atoms with Crippen molar-refractivity contribution in [3.63, 3.8) is 0 Å². The van der Waals surface area contributed by atoms with Crippen molar-refractivity contribution in [3.05, 3.63) is 47.8 Å². The fraction of sp³-hybridized carbons (Fsp3) is 0.474. The van der Waals surface area contributed by atoms with Gasteiger partial charge in [0, 0.05) is 63.8 Å². The highest BCUT2D eigenvalue weighted by atomic mass is 16.5. The Balaban J connectivity index is 1.56. The maximum Gasteiger partial charge on any atom is 0.123 e. The van der Waals surface area contributed by atoms with E-state index >= 15 is 0 Å². The number of nitrogens with zero attached hydrogens (tertiary/aromatic N) is 3. The summed E-state index contributed by atoms with van der Waals surface area (Å²) < 4.78 is 13.0. The summed E-state index contributed by atoms with van der Waals surface area (Å²) >= 11 is 0. The van der Waals surface area contributed by atoms with Crippen molar-refractivity contribution in [2.75, 3.05) is 40.4 Å².